The summed E-state index contributed by atoms with van der Waals surface area (Å²) >= 11 is 0. The molecule has 0 fully saturated rings. The van der Waals surface area contributed by atoms with Gasteiger partial charge in [-0.05, 0) is 62.8 Å². The molecular weight excluding hydrogens is 969 g/mol. The average molecular weight is 1030 g/mol. The zero-order valence-corrected chi connectivity index (χ0v) is 42.9. The molecule has 4 aliphatic rings. The molecule has 4 aromatic heterocycles. The molecule has 396 valence electrons. The van der Waals surface area contributed by atoms with Crippen LogP contribution in [0.15, 0.2) is 73.3 Å². The average Bonchev–Trinajstić information content (AvgIpc) is 3.99. The van der Waals surface area contributed by atoms with Crippen molar-refractivity contribution in [2.24, 2.45) is 0 Å². The van der Waals surface area contributed by atoms with Crippen LogP contribution < -0.4 is 45.5 Å². The predicted octanol–water partition coefficient (Wildman–Crippen LogP) is 7.47. The summed E-state index contributed by atoms with van der Waals surface area (Å²) < 4.78 is 51.7. The molecule has 2 atom stereocenters. The van der Waals surface area contributed by atoms with Crippen molar-refractivity contribution < 1.29 is 46.9 Å². The Hall–Kier alpha value is -8.20. The van der Waals surface area contributed by atoms with Crippen LogP contribution in [0.5, 0.6) is 23.0 Å². The topological polar surface area (TPSA) is 229 Å². The number of halogens is 2. The van der Waals surface area contributed by atoms with E-state index in [0.29, 0.717) is 81.2 Å². The number of methoxy groups -OCH3 is 2. The molecule has 6 aromatic rings. The Kier molecular flexibility index (Phi) is 17.2. The molecule has 4 aliphatic heterocycles. The molecule has 0 saturated heterocycles. The van der Waals surface area contributed by atoms with E-state index in [2.05, 4.69) is 58.5 Å². The summed E-state index contributed by atoms with van der Waals surface area (Å²) in [5.74, 6) is -1.29. The number of H-pyrrole nitrogens is 2. The molecule has 19 nitrogen and oxygen atoms in total. The molecule has 0 saturated carbocycles. The van der Waals surface area contributed by atoms with Crippen molar-refractivity contribution in [1.82, 2.24) is 45.7 Å². The van der Waals surface area contributed by atoms with Crippen molar-refractivity contribution in [3.8, 4) is 45.5 Å². The maximum Gasteiger partial charge on any atom is 0.255 e. The number of nitrogens with zero attached hydrogens (tertiary/aromatic N) is 4. The summed E-state index contributed by atoms with van der Waals surface area (Å²) in [6, 6.07) is 12.7. The van der Waals surface area contributed by atoms with Gasteiger partial charge in [0, 0.05) is 79.8 Å². The third-order valence-corrected chi connectivity index (χ3v) is 13.3. The lowest BCUT2D eigenvalue weighted by Gasteiger charge is -2.25. The molecule has 0 spiro atoms. The summed E-state index contributed by atoms with van der Waals surface area (Å²) in [5.41, 5.74) is 6.52. The Morgan fingerprint density at radius 1 is 0.680 bits per heavy atom. The van der Waals surface area contributed by atoms with E-state index >= 15 is 0 Å². The van der Waals surface area contributed by atoms with Gasteiger partial charge in [0.2, 0.25) is 11.8 Å². The Balaban J connectivity index is 0.000000194. The molecule has 2 aromatic carbocycles. The van der Waals surface area contributed by atoms with Crippen molar-refractivity contribution in [1.29, 1.82) is 0 Å². The highest BCUT2D eigenvalue weighted by molar-refractivity contribution is 6.08. The van der Waals surface area contributed by atoms with Gasteiger partial charge in [0.25, 0.3) is 11.8 Å². The fourth-order valence-corrected chi connectivity index (χ4v) is 9.59. The lowest BCUT2D eigenvalue weighted by Crippen LogP contribution is -2.41. The second kappa shape index (κ2) is 24.2. The molecule has 75 heavy (non-hydrogen) atoms. The summed E-state index contributed by atoms with van der Waals surface area (Å²) in [6.07, 6.45) is 9.61. The number of fused-ring (bicyclic) bond motifs is 6. The second-order valence-electron chi connectivity index (χ2n) is 18.1. The maximum atomic E-state index is 14.5. The SMILES string of the molecule is CC.COc1c(F)cccc1Nc1c2[nH]c3c1C(=O)NCC3CC(=O)N(C)CC(=O)NCCOc1cnccc1-2.COc1c(F)cccc1Nc1c2[nH]c3c1C(=O)NCC3CCCCN(C)CCOc1cnccc1-2. The van der Waals surface area contributed by atoms with Crippen LogP contribution in [0.1, 0.15) is 83.5 Å². The van der Waals surface area contributed by atoms with E-state index in [9.17, 15) is 28.0 Å². The number of benzene rings is 2. The molecular formula is C54H63F2N11O8. The first-order valence-corrected chi connectivity index (χ1v) is 25.0. The Bertz CT molecular complexity index is 3040. The van der Waals surface area contributed by atoms with Crippen molar-refractivity contribution in [2.75, 3.05) is 91.4 Å². The highest BCUT2D eigenvalue weighted by Gasteiger charge is 2.37. The third-order valence-electron chi connectivity index (χ3n) is 13.3. The molecule has 4 amide bonds. The van der Waals surface area contributed by atoms with E-state index in [0.717, 1.165) is 43.6 Å². The van der Waals surface area contributed by atoms with Crippen LogP contribution in [0.2, 0.25) is 0 Å². The lowest BCUT2D eigenvalue weighted by atomic mass is 9.91. The molecule has 4 bridgehead atoms. The number of ether oxygens (including phenoxy) is 4. The largest absolute Gasteiger partial charge is 0.492 e. The van der Waals surface area contributed by atoms with E-state index in [1.165, 1.54) is 43.5 Å². The zero-order valence-electron chi connectivity index (χ0n) is 42.9. The molecule has 0 aliphatic carbocycles. The molecule has 8 heterocycles. The molecule has 10 rings (SSSR count). The summed E-state index contributed by atoms with van der Waals surface area (Å²) in [5, 5.41) is 15.2. The van der Waals surface area contributed by atoms with Crippen molar-refractivity contribution in [3.05, 3.63) is 107 Å². The molecule has 0 radical (unpaired) electrons. The maximum absolute atomic E-state index is 14.5. The number of hydrogen-bond donors (Lipinski definition) is 7. The third kappa shape index (κ3) is 11.6. The standard InChI is InChI=1S/C26H27FN6O5.C26H30FN5O3.C2H6/c1-33-13-19(34)29-8-9-38-18-12-28-7-6-15(18)23-24(31-17-5-3-4-16(27)25(17)37-2)21-22(32-23)14(10-20(33)35)11-30-26(21)36;1-32-11-4-3-6-16-14-29-26(33)21-22(16)31-23(17-9-10-28-15-20(17)35-13-12-32)24(21)30-19-8-5-7-18(27)25(19)34-2;1-2/h3-7,12,14,31-32H,8-11,13H2,1-2H3,(H,29,34)(H,30,36);5,7-10,15-16,30-31H,3-4,6,11-14H2,1-2H3,(H,29,33);1-2H3. The van der Waals surface area contributed by atoms with Crippen molar-refractivity contribution >= 4 is 46.4 Å². The first-order chi connectivity index (χ1) is 36.4. The normalized spacial score (nSPS) is 17.8. The summed E-state index contributed by atoms with van der Waals surface area (Å²) in [6.45, 7) is 7.34. The number of anilines is 4. The van der Waals surface area contributed by atoms with Crippen LogP contribution in [-0.2, 0) is 9.59 Å². The fraction of sp³-hybridized carbons (Fsp3) is 0.370. The lowest BCUT2D eigenvalue weighted by molar-refractivity contribution is -0.135. The first kappa shape index (κ1) is 53.1. The summed E-state index contributed by atoms with van der Waals surface area (Å²) in [4.78, 5) is 70.7. The van der Waals surface area contributed by atoms with Crippen molar-refractivity contribution in [2.45, 2.75) is 51.4 Å². The van der Waals surface area contributed by atoms with E-state index in [1.54, 1.807) is 49.9 Å². The van der Waals surface area contributed by atoms with Crippen LogP contribution in [0, 0.1) is 11.6 Å². The van der Waals surface area contributed by atoms with Gasteiger partial charge >= 0.3 is 0 Å². The minimum atomic E-state index is -0.566. The van der Waals surface area contributed by atoms with E-state index < -0.39 is 17.6 Å². The van der Waals surface area contributed by atoms with E-state index in [-0.39, 0.29) is 73.7 Å². The van der Waals surface area contributed by atoms with E-state index in [4.69, 9.17) is 18.9 Å². The highest BCUT2D eigenvalue weighted by atomic mass is 19.1. The molecule has 2 unspecified atom stereocenters. The number of carbonyl (C=O) groups is 4. The predicted molar refractivity (Wildman–Crippen MR) is 280 cm³/mol. The van der Waals surface area contributed by atoms with Gasteiger partial charge in [0.05, 0.1) is 85.0 Å². The van der Waals surface area contributed by atoms with Gasteiger partial charge < -0.3 is 65.3 Å². The minimum Gasteiger partial charge on any atom is -0.492 e. The Labute approximate surface area is 433 Å². The van der Waals surface area contributed by atoms with Gasteiger partial charge in [0.15, 0.2) is 23.1 Å². The number of rotatable bonds is 6. The van der Waals surface area contributed by atoms with Gasteiger partial charge in [-0.2, -0.15) is 0 Å². The Morgan fingerprint density at radius 3 is 1.77 bits per heavy atom. The van der Waals surface area contributed by atoms with Crippen LogP contribution in [0.4, 0.5) is 31.5 Å². The smallest absolute Gasteiger partial charge is 0.255 e. The quantitative estimate of drug-likeness (QED) is 0.0860. The van der Waals surface area contributed by atoms with Gasteiger partial charge in [0.1, 0.15) is 24.7 Å². The zero-order chi connectivity index (χ0) is 53.2. The number of aromatic amines is 2. The summed E-state index contributed by atoms with van der Waals surface area (Å²) in [7, 11) is 6.44. The minimum absolute atomic E-state index is 0.0120. The number of pyridine rings is 2. The number of amides is 4. The number of likely N-dealkylation sites (N-methyl/N-ethyl adjacent to an activating group) is 2. The first-order valence-electron chi connectivity index (χ1n) is 25.0. The van der Waals surface area contributed by atoms with Gasteiger partial charge in [-0.1, -0.05) is 32.4 Å². The number of hydrogen-bond acceptors (Lipinski definition) is 13. The van der Waals surface area contributed by atoms with Crippen LogP contribution in [-0.4, -0.2) is 134 Å². The molecule has 7 N–H and O–H groups in total. The Morgan fingerprint density at radius 2 is 1.21 bits per heavy atom. The van der Waals surface area contributed by atoms with Crippen LogP contribution in [0.25, 0.3) is 22.5 Å². The fourth-order valence-electron chi connectivity index (χ4n) is 9.59. The monoisotopic (exact) mass is 1030 g/mol. The van der Waals surface area contributed by atoms with Crippen LogP contribution in [0.3, 0.4) is 0 Å². The van der Waals surface area contributed by atoms with Crippen LogP contribution >= 0.6 is 0 Å². The highest BCUT2D eigenvalue weighted by Crippen LogP contribution is 2.46. The van der Waals surface area contributed by atoms with Crippen molar-refractivity contribution in [3.63, 3.8) is 0 Å². The van der Waals surface area contributed by atoms with E-state index in [1.807, 2.05) is 19.9 Å². The second-order valence-corrected chi connectivity index (χ2v) is 18.1. The van der Waals surface area contributed by atoms with Gasteiger partial charge in [-0.15, -0.1) is 0 Å². The number of carbonyl (C=O) groups excluding carboxylic acids is 4. The molecule has 21 heteroatoms. The number of para-hydroxylation sites is 2. The number of aromatic nitrogens is 4. The van der Waals surface area contributed by atoms with Gasteiger partial charge in [-0.25, -0.2) is 8.78 Å². The number of nitrogens with one attached hydrogen (secondary N) is 7. The van der Waals surface area contributed by atoms with Gasteiger partial charge in [-0.3, -0.25) is 29.1 Å².